The fraction of sp³-hybridized carbons (Fsp3) is 0. The van der Waals surface area contributed by atoms with Crippen LogP contribution >= 0.6 is 0 Å². The van der Waals surface area contributed by atoms with E-state index in [1.807, 2.05) is 0 Å². The van der Waals surface area contributed by atoms with Crippen LogP contribution in [0.15, 0.2) is 200 Å². The Kier molecular flexibility index (Phi) is 10.4. The zero-order valence-corrected chi connectivity index (χ0v) is 40.4. The summed E-state index contributed by atoms with van der Waals surface area (Å²) >= 11 is 0. The summed E-state index contributed by atoms with van der Waals surface area (Å²) in [6.45, 7) is 0. The van der Waals surface area contributed by atoms with E-state index in [0.29, 0.717) is 0 Å². The molecule has 69 heavy (non-hydrogen) atoms. The Hall–Kier alpha value is -7.75. The van der Waals surface area contributed by atoms with Crippen molar-refractivity contribution in [3.8, 4) is 67.0 Å². The van der Waals surface area contributed by atoms with Gasteiger partial charge in [0.25, 0.3) is 0 Å². The minimum Gasteiger partial charge on any atom is -0.310 e. The summed E-state index contributed by atoms with van der Waals surface area (Å²) in [4.78, 5) is 0. The van der Waals surface area contributed by atoms with Crippen LogP contribution in [-0.4, -0.2) is 64.1 Å². The van der Waals surface area contributed by atoms with Gasteiger partial charge in [0, 0.05) is 38.6 Å². The van der Waals surface area contributed by atoms with E-state index in [0.717, 1.165) is 5.69 Å². The predicted molar refractivity (Wildman–Crippen MR) is 320 cm³/mol. The summed E-state index contributed by atoms with van der Waals surface area (Å²) in [5, 5.41) is 5.18. The summed E-state index contributed by atoms with van der Waals surface area (Å²) in [6.07, 6.45) is 0. The summed E-state index contributed by atoms with van der Waals surface area (Å²) < 4.78 is 5.05. The number of benzene rings is 10. The third kappa shape index (κ3) is 6.89. The standard InChI is InChI=1S/C60H47B7N2/c61-52-49(53(62)57(66)59-50(52)51-54(63)55(64)56(65)58(67)60(51)69(59)44-21-11-19-40(31-44)36-16-8-3-9-17-36)42-27-29-48-46(33-42)45-32-41(38-24-22-37(23-25-38)34-12-4-1-5-13-34)26-28-47(45)68(48)43-20-10-18-39(30-43)35-14-6-2-7-15-35/h1-33H,61-67H2. The second kappa shape index (κ2) is 16.8. The van der Waals surface area contributed by atoms with E-state index >= 15 is 0 Å². The highest BCUT2D eigenvalue weighted by molar-refractivity contribution is 6.69. The Morgan fingerprint density at radius 2 is 0.609 bits per heavy atom. The van der Waals surface area contributed by atoms with Crippen LogP contribution in [0.1, 0.15) is 0 Å². The molecule has 12 aromatic rings. The minimum absolute atomic E-state index is 1.15. The lowest BCUT2D eigenvalue weighted by molar-refractivity contribution is 1.18. The van der Waals surface area contributed by atoms with Crippen LogP contribution in [0, 0.1) is 0 Å². The summed E-state index contributed by atoms with van der Waals surface area (Å²) in [5.41, 5.74) is 28.9. The second-order valence-electron chi connectivity index (χ2n) is 19.1. The van der Waals surface area contributed by atoms with Crippen molar-refractivity contribution in [1.82, 2.24) is 9.13 Å². The summed E-state index contributed by atoms with van der Waals surface area (Å²) in [6, 6.07) is 73.5. The zero-order chi connectivity index (χ0) is 47.1. The van der Waals surface area contributed by atoms with Crippen molar-refractivity contribution in [3.05, 3.63) is 200 Å². The van der Waals surface area contributed by atoms with E-state index in [-0.39, 0.29) is 0 Å². The topological polar surface area (TPSA) is 9.86 Å². The maximum Gasteiger partial charge on any atom is 0.141 e. The fourth-order valence-electron chi connectivity index (χ4n) is 11.4. The molecule has 0 aliphatic heterocycles. The highest BCUT2D eigenvalue weighted by Gasteiger charge is 2.25. The Labute approximate surface area is 410 Å². The van der Waals surface area contributed by atoms with Crippen LogP contribution in [0.5, 0.6) is 0 Å². The third-order valence-electron chi connectivity index (χ3n) is 15.4. The molecular weight excluding hydrogens is 824 g/mol. The average Bonchev–Trinajstić information content (AvgIpc) is 3.94. The molecule has 0 aliphatic carbocycles. The maximum atomic E-state index is 2.58. The molecule has 0 radical (unpaired) electrons. The Morgan fingerprint density at radius 1 is 0.246 bits per heavy atom. The molecule has 0 saturated carbocycles. The molecule has 0 saturated heterocycles. The van der Waals surface area contributed by atoms with Gasteiger partial charge in [-0.1, -0.05) is 184 Å². The molecule has 0 amide bonds. The zero-order valence-electron chi connectivity index (χ0n) is 40.4. The molecule has 0 unspecified atom stereocenters. The first-order chi connectivity index (χ1) is 33.7. The van der Waals surface area contributed by atoms with E-state index < -0.39 is 0 Å². The molecule has 318 valence electrons. The molecule has 2 aromatic heterocycles. The quantitative estimate of drug-likeness (QED) is 0.215. The normalized spacial score (nSPS) is 11.6. The lowest BCUT2D eigenvalue weighted by Gasteiger charge is -2.19. The maximum absolute atomic E-state index is 2.58. The van der Waals surface area contributed by atoms with Crippen molar-refractivity contribution in [1.29, 1.82) is 0 Å². The largest absolute Gasteiger partial charge is 0.310 e. The molecule has 0 fully saturated rings. The van der Waals surface area contributed by atoms with Crippen LogP contribution in [0.2, 0.25) is 0 Å². The molecule has 9 heteroatoms. The first-order valence-electron chi connectivity index (χ1n) is 24.3. The van der Waals surface area contributed by atoms with Gasteiger partial charge in [-0.15, -0.1) is 5.46 Å². The molecule has 2 heterocycles. The van der Waals surface area contributed by atoms with Gasteiger partial charge in [-0.25, -0.2) is 0 Å². The SMILES string of the molecule is Bc1c(B)c(B)c2c(c1B)c1c(B)c(-c3ccc4c(c3)c3cc(-c5ccc(-c6ccccc6)cc5)ccc3n4-c3cccc(-c4ccccc4)c3)c(B)c(B)c1n2-c1cccc(-c2ccccc2)c1. The predicted octanol–water partition coefficient (Wildman–Crippen LogP) is 4.02. The van der Waals surface area contributed by atoms with Gasteiger partial charge in [-0.3, -0.25) is 0 Å². The molecular formula is C60H47B7N2. The molecule has 0 atom stereocenters. The van der Waals surface area contributed by atoms with Crippen molar-refractivity contribution in [2.45, 2.75) is 0 Å². The molecule has 0 bridgehead atoms. The van der Waals surface area contributed by atoms with Crippen LogP contribution in [0.4, 0.5) is 0 Å². The van der Waals surface area contributed by atoms with E-state index in [1.165, 1.54) is 143 Å². The van der Waals surface area contributed by atoms with Crippen molar-refractivity contribution in [2.75, 3.05) is 0 Å². The number of aromatic nitrogens is 2. The fourth-order valence-corrected chi connectivity index (χ4v) is 11.4. The third-order valence-corrected chi connectivity index (χ3v) is 15.4. The number of hydrogen-bond donors (Lipinski definition) is 0. The highest BCUT2D eigenvalue weighted by Crippen LogP contribution is 2.39. The highest BCUT2D eigenvalue weighted by atomic mass is 15.0. The van der Waals surface area contributed by atoms with Crippen LogP contribution in [0.25, 0.3) is 111 Å². The number of fused-ring (bicyclic) bond motifs is 6. The molecule has 2 nitrogen and oxygen atoms in total. The number of rotatable bonds is 7. The van der Waals surface area contributed by atoms with Crippen molar-refractivity contribution >= 4 is 137 Å². The summed E-state index contributed by atoms with van der Waals surface area (Å²) in [5.74, 6) is 0. The molecule has 10 aromatic carbocycles. The molecule has 0 spiro atoms. The number of nitrogens with zero attached hydrogens (tertiary/aromatic N) is 2. The van der Waals surface area contributed by atoms with Crippen LogP contribution in [0.3, 0.4) is 0 Å². The van der Waals surface area contributed by atoms with E-state index in [2.05, 4.69) is 264 Å². The van der Waals surface area contributed by atoms with Crippen LogP contribution < -0.4 is 38.2 Å². The van der Waals surface area contributed by atoms with Crippen molar-refractivity contribution in [2.24, 2.45) is 0 Å². The Bertz CT molecular complexity index is 4010. The van der Waals surface area contributed by atoms with Gasteiger partial charge in [0.1, 0.15) is 54.9 Å². The first kappa shape index (κ1) is 42.6. The monoisotopic (exact) mass is 872 g/mol. The molecule has 12 rings (SSSR count). The van der Waals surface area contributed by atoms with Crippen LogP contribution in [-0.2, 0) is 0 Å². The van der Waals surface area contributed by atoms with E-state index in [9.17, 15) is 0 Å². The second-order valence-corrected chi connectivity index (χ2v) is 19.1. The van der Waals surface area contributed by atoms with Gasteiger partial charge in [-0.05, 0) is 110 Å². The number of hydrogen-bond acceptors (Lipinski definition) is 0. The minimum atomic E-state index is 1.15. The Balaban J connectivity index is 1.10. The molecule has 0 N–H and O–H groups in total. The van der Waals surface area contributed by atoms with Gasteiger partial charge >= 0.3 is 0 Å². The molecule has 0 aliphatic rings. The van der Waals surface area contributed by atoms with Gasteiger partial charge < -0.3 is 9.13 Å². The lowest BCUT2D eigenvalue weighted by atomic mass is 9.64. The lowest BCUT2D eigenvalue weighted by Crippen LogP contribution is -2.48. The van der Waals surface area contributed by atoms with Gasteiger partial charge in [0.15, 0.2) is 0 Å². The van der Waals surface area contributed by atoms with Crippen molar-refractivity contribution in [3.63, 3.8) is 0 Å². The summed E-state index contributed by atoms with van der Waals surface area (Å²) in [7, 11) is 16.3. The van der Waals surface area contributed by atoms with E-state index in [1.54, 1.807) is 0 Å². The van der Waals surface area contributed by atoms with Gasteiger partial charge in [-0.2, -0.15) is 0 Å². The van der Waals surface area contributed by atoms with Gasteiger partial charge in [0.05, 0.1) is 11.0 Å². The first-order valence-corrected chi connectivity index (χ1v) is 24.3. The average molecular weight is 872 g/mol. The van der Waals surface area contributed by atoms with Crippen molar-refractivity contribution < 1.29 is 0 Å². The van der Waals surface area contributed by atoms with E-state index in [4.69, 9.17) is 0 Å². The smallest absolute Gasteiger partial charge is 0.141 e. The van der Waals surface area contributed by atoms with Gasteiger partial charge in [0.2, 0.25) is 0 Å². The Morgan fingerprint density at radius 3 is 1.14 bits per heavy atom.